The van der Waals surface area contributed by atoms with Gasteiger partial charge in [0.15, 0.2) is 5.13 Å². The zero-order valence-corrected chi connectivity index (χ0v) is 22.3. The molecule has 1 unspecified atom stereocenters. The Kier molecular flexibility index (Phi) is 7.60. The second kappa shape index (κ2) is 11.2. The van der Waals surface area contributed by atoms with Crippen LogP contribution in [0, 0.1) is 5.82 Å². The highest BCUT2D eigenvalue weighted by Crippen LogP contribution is 2.45. The maximum Gasteiger partial charge on any atom is 0.301 e. The molecular formula is C30H27FN2O5S. The van der Waals surface area contributed by atoms with Gasteiger partial charge in [-0.25, -0.2) is 9.37 Å². The first kappa shape index (κ1) is 26.4. The summed E-state index contributed by atoms with van der Waals surface area (Å²) in [6, 6.07) is 16.6. The largest absolute Gasteiger partial charge is 0.507 e. The number of aromatic nitrogens is 1. The number of anilines is 1. The van der Waals surface area contributed by atoms with Gasteiger partial charge in [-0.1, -0.05) is 43.2 Å². The Labute approximate surface area is 229 Å². The summed E-state index contributed by atoms with van der Waals surface area (Å²) in [6.07, 6.45) is 3.01. The highest BCUT2D eigenvalue weighted by atomic mass is 32.1. The molecule has 0 radical (unpaired) electrons. The van der Waals surface area contributed by atoms with E-state index < -0.39 is 29.3 Å². The molecule has 0 spiro atoms. The van der Waals surface area contributed by atoms with Crippen LogP contribution in [0.25, 0.3) is 16.0 Å². The Hall–Kier alpha value is -4.24. The summed E-state index contributed by atoms with van der Waals surface area (Å²) in [6.45, 7) is 2.65. The minimum absolute atomic E-state index is 0.105. The molecule has 2 heterocycles. The summed E-state index contributed by atoms with van der Waals surface area (Å²) in [5.41, 5.74) is 1.33. The fraction of sp³-hybridized carbons (Fsp3) is 0.233. The van der Waals surface area contributed by atoms with Crippen molar-refractivity contribution in [3.63, 3.8) is 0 Å². The molecule has 1 aromatic heterocycles. The molecule has 3 aromatic carbocycles. The van der Waals surface area contributed by atoms with Gasteiger partial charge in [0.05, 0.1) is 35.5 Å². The number of methoxy groups -OCH3 is 1. The molecular weight excluding hydrogens is 519 g/mol. The first-order valence-electron chi connectivity index (χ1n) is 12.7. The Morgan fingerprint density at radius 1 is 1.05 bits per heavy atom. The number of hydrogen-bond donors (Lipinski definition) is 1. The van der Waals surface area contributed by atoms with Crippen molar-refractivity contribution >= 4 is 44.1 Å². The Balaban J connectivity index is 1.64. The summed E-state index contributed by atoms with van der Waals surface area (Å²) in [4.78, 5) is 32.9. The van der Waals surface area contributed by atoms with Gasteiger partial charge in [-0.05, 0) is 66.6 Å². The van der Waals surface area contributed by atoms with E-state index in [2.05, 4.69) is 11.9 Å². The monoisotopic (exact) mass is 546 g/mol. The molecule has 200 valence electrons. The quantitative estimate of drug-likeness (QED) is 0.110. The van der Waals surface area contributed by atoms with Crippen molar-refractivity contribution in [2.75, 3.05) is 18.6 Å². The van der Waals surface area contributed by atoms with Crippen LogP contribution < -0.4 is 14.4 Å². The second-order valence-corrected chi connectivity index (χ2v) is 10.1. The van der Waals surface area contributed by atoms with E-state index in [9.17, 15) is 19.1 Å². The molecule has 0 saturated carbocycles. The number of fused-ring (bicyclic) bond motifs is 1. The van der Waals surface area contributed by atoms with Crippen molar-refractivity contribution in [3.05, 3.63) is 89.2 Å². The standard InChI is InChI=1S/C30H27FN2O5S/c1-3-4-5-15-38-22-8-6-7-19(16-22)26-25(27(34)18-9-11-20(31)12-10-18)28(35)29(36)33(26)30-32-23-14-13-21(37-2)17-24(23)39-30/h6-14,16-17,26,34H,3-5,15H2,1-2H3/b27-25+. The number of benzene rings is 3. The fourth-order valence-corrected chi connectivity index (χ4v) is 5.57. The van der Waals surface area contributed by atoms with Crippen molar-refractivity contribution in [2.24, 2.45) is 0 Å². The van der Waals surface area contributed by atoms with Crippen molar-refractivity contribution < 1.29 is 28.6 Å². The predicted octanol–water partition coefficient (Wildman–Crippen LogP) is 6.64. The minimum Gasteiger partial charge on any atom is -0.507 e. The molecule has 1 atom stereocenters. The van der Waals surface area contributed by atoms with Gasteiger partial charge in [-0.3, -0.25) is 14.5 Å². The molecule has 0 aliphatic carbocycles. The predicted molar refractivity (Wildman–Crippen MR) is 149 cm³/mol. The third-order valence-corrected chi connectivity index (χ3v) is 7.56. The first-order valence-corrected chi connectivity index (χ1v) is 13.5. The average molecular weight is 547 g/mol. The Morgan fingerprint density at radius 3 is 2.59 bits per heavy atom. The van der Waals surface area contributed by atoms with Crippen LogP contribution in [-0.4, -0.2) is 35.5 Å². The number of halogens is 1. The number of Topliss-reactive ketones (excluding diaryl/α,β-unsaturated/α-hetero) is 1. The number of unbranched alkanes of at least 4 members (excludes halogenated alkanes) is 2. The van der Waals surface area contributed by atoms with Gasteiger partial charge in [0.1, 0.15) is 23.1 Å². The van der Waals surface area contributed by atoms with Crippen LogP contribution in [0.2, 0.25) is 0 Å². The number of amides is 1. The number of aliphatic hydroxyl groups is 1. The molecule has 0 bridgehead atoms. The van der Waals surface area contributed by atoms with Gasteiger partial charge in [-0.15, -0.1) is 0 Å². The Bertz CT molecular complexity index is 1560. The third-order valence-electron chi connectivity index (χ3n) is 6.54. The van der Waals surface area contributed by atoms with E-state index in [0.717, 1.165) is 24.0 Å². The van der Waals surface area contributed by atoms with Crippen molar-refractivity contribution in [2.45, 2.75) is 32.2 Å². The summed E-state index contributed by atoms with van der Waals surface area (Å²) >= 11 is 1.24. The van der Waals surface area contributed by atoms with E-state index in [-0.39, 0.29) is 11.1 Å². The summed E-state index contributed by atoms with van der Waals surface area (Å²) in [5.74, 6) is -1.32. The van der Waals surface area contributed by atoms with Gasteiger partial charge in [0.2, 0.25) is 0 Å². The van der Waals surface area contributed by atoms with Gasteiger partial charge in [0.25, 0.3) is 5.78 Å². The van der Waals surface area contributed by atoms with E-state index in [4.69, 9.17) is 9.47 Å². The van der Waals surface area contributed by atoms with Crippen LogP contribution in [0.5, 0.6) is 11.5 Å². The molecule has 1 amide bonds. The summed E-state index contributed by atoms with van der Waals surface area (Å²) in [5, 5.41) is 11.6. The highest BCUT2D eigenvalue weighted by Gasteiger charge is 2.48. The SMILES string of the molecule is CCCCCOc1cccc(C2/C(=C(\O)c3ccc(F)cc3)C(=O)C(=O)N2c2nc3ccc(OC)cc3s2)c1. The molecule has 1 aliphatic rings. The van der Waals surface area contributed by atoms with Crippen LogP contribution in [-0.2, 0) is 9.59 Å². The number of thiazole rings is 1. The van der Waals surface area contributed by atoms with Crippen LogP contribution in [0.1, 0.15) is 43.4 Å². The summed E-state index contributed by atoms with van der Waals surface area (Å²) < 4.78 is 25.6. The number of carbonyl (C=O) groups excluding carboxylic acids is 2. The lowest BCUT2D eigenvalue weighted by molar-refractivity contribution is -0.132. The topological polar surface area (TPSA) is 89.0 Å². The molecule has 1 fully saturated rings. The molecule has 1 saturated heterocycles. The number of ether oxygens (including phenoxy) is 2. The summed E-state index contributed by atoms with van der Waals surface area (Å²) in [7, 11) is 1.56. The normalized spacial score (nSPS) is 16.7. The third kappa shape index (κ3) is 5.22. The highest BCUT2D eigenvalue weighted by molar-refractivity contribution is 7.22. The van der Waals surface area contributed by atoms with E-state index in [1.165, 1.54) is 40.5 Å². The number of nitrogens with zero attached hydrogens (tertiary/aromatic N) is 2. The average Bonchev–Trinajstić information content (AvgIpc) is 3.48. The molecule has 4 aromatic rings. The van der Waals surface area contributed by atoms with Crippen LogP contribution in [0.15, 0.2) is 72.3 Å². The first-order chi connectivity index (χ1) is 18.9. The Morgan fingerprint density at radius 2 is 1.85 bits per heavy atom. The number of ketones is 1. The van der Waals surface area contributed by atoms with Gasteiger partial charge in [-0.2, -0.15) is 0 Å². The number of rotatable bonds is 9. The van der Waals surface area contributed by atoms with Crippen LogP contribution in [0.3, 0.4) is 0 Å². The lowest BCUT2D eigenvalue weighted by Crippen LogP contribution is -2.29. The van der Waals surface area contributed by atoms with E-state index in [1.54, 1.807) is 37.4 Å². The molecule has 5 rings (SSSR count). The molecule has 1 aliphatic heterocycles. The second-order valence-electron chi connectivity index (χ2n) is 9.13. The lowest BCUT2D eigenvalue weighted by Gasteiger charge is -2.23. The van der Waals surface area contributed by atoms with Crippen LogP contribution in [0.4, 0.5) is 9.52 Å². The molecule has 9 heteroatoms. The number of aliphatic hydroxyl groups excluding tert-OH is 1. The minimum atomic E-state index is -0.975. The fourth-order valence-electron chi connectivity index (χ4n) is 4.55. The van der Waals surface area contributed by atoms with Crippen molar-refractivity contribution in [3.8, 4) is 11.5 Å². The number of carbonyl (C=O) groups is 2. The maximum atomic E-state index is 13.6. The van der Waals surface area contributed by atoms with E-state index in [1.807, 2.05) is 12.1 Å². The zero-order valence-electron chi connectivity index (χ0n) is 21.5. The van der Waals surface area contributed by atoms with Gasteiger partial charge >= 0.3 is 5.91 Å². The molecule has 39 heavy (non-hydrogen) atoms. The number of hydrogen-bond acceptors (Lipinski definition) is 7. The van der Waals surface area contributed by atoms with Crippen molar-refractivity contribution in [1.82, 2.24) is 4.98 Å². The van der Waals surface area contributed by atoms with Crippen molar-refractivity contribution in [1.29, 1.82) is 0 Å². The van der Waals surface area contributed by atoms with Gasteiger partial charge < -0.3 is 14.6 Å². The maximum absolute atomic E-state index is 13.6. The smallest absolute Gasteiger partial charge is 0.301 e. The zero-order chi connectivity index (χ0) is 27.5. The lowest BCUT2D eigenvalue weighted by atomic mass is 9.95. The van der Waals surface area contributed by atoms with E-state index in [0.29, 0.717) is 34.3 Å². The van der Waals surface area contributed by atoms with Gasteiger partial charge in [0, 0.05) is 5.56 Å². The molecule has 7 nitrogen and oxygen atoms in total. The van der Waals surface area contributed by atoms with E-state index >= 15 is 0 Å². The van der Waals surface area contributed by atoms with Crippen LogP contribution >= 0.6 is 11.3 Å². The molecule has 1 N–H and O–H groups in total.